The number of nitro groups is 1. The molecule has 27 heavy (non-hydrogen) atoms. The topological polar surface area (TPSA) is 61.6 Å². The van der Waals surface area contributed by atoms with Crippen LogP contribution in [0.2, 0.25) is 5.02 Å². The molecule has 4 rings (SSSR count). The molecular formula is C21H14ClNO4. The molecule has 0 aliphatic carbocycles. The lowest BCUT2D eigenvalue weighted by molar-refractivity contribution is -0.434. The summed E-state index contributed by atoms with van der Waals surface area (Å²) >= 11 is 5.98. The first-order chi connectivity index (χ1) is 13.1. The van der Waals surface area contributed by atoms with Crippen molar-refractivity contribution in [3.63, 3.8) is 0 Å². The number of ether oxygens (including phenoxy) is 2. The van der Waals surface area contributed by atoms with Crippen LogP contribution < -0.4 is 9.47 Å². The molecule has 1 heterocycles. The predicted octanol–water partition coefficient (Wildman–Crippen LogP) is 5.88. The summed E-state index contributed by atoms with van der Waals surface area (Å²) in [7, 11) is 0. The highest BCUT2D eigenvalue weighted by Gasteiger charge is 2.33. The lowest BCUT2D eigenvalue weighted by Crippen LogP contribution is -2.19. The minimum Gasteiger partial charge on any atom is -0.474 e. The number of para-hydroxylation sites is 1. The summed E-state index contributed by atoms with van der Waals surface area (Å²) in [5.74, 6) is 1.81. The van der Waals surface area contributed by atoms with Crippen LogP contribution in [0, 0.1) is 10.1 Å². The van der Waals surface area contributed by atoms with Gasteiger partial charge in [0.1, 0.15) is 17.2 Å². The number of halogens is 1. The summed E-state index contributed by atoms with van der Waals surface area (Å²) in [6, 6.07) is 21.5. The Morgan fingerprint density at radius 2 is 1.74 bits per heavy atom. The van der Waals surface area contributed by atoms with Crippen molar-refractivity contribution in [2.45, 2.75) is 6.10 Å². The molecule has 0 saturated heterocycles. The monoisotopic (exact) mass is 379 g/mol. The molecule has 0 aromatic heterocycles. The molecule has 1 aliphatic heterocycles. The second kappa shape index (κ2) is 7.13. The van der Waals surface area contributed by atoms with Crippen LogP contribution in [0.4, 0.5) is 0 Å². The Balaban J connectivity index is 1.69. The molecule has 0 fully saturated rings. The highest BCUT2D eigenvalue weighted by molar-refractivity contribution is 6.30. The van der Waals surface area contributed by atoms with Crippen molar-refractivity contribution in [3.05, 3.63) is 105 Å². The third-order valence-corrected chi connectivity index (χ3v) is 4.37. The van der Waals surface area contributed by atoms with Gasteiger partial charge in [-0.2, -0.15) is 0 Å². The van der Waals surface area contributed by atoms with Gasteiger partial charge in [-0.1, -0.05) is 41.9 Å². The number of hydrogen-bond acceptors (Lipinski definition) is 4. The summed E-state index contributed by atoms with van der Waals surface area (Å²) in [6.45, 7) is 0. The largest absolute Gasteiger partial charge is 0.474 e. The van der Waals surface area contributed by atoms with E-state index < -0.39 is 11.0 Å². The normalized spacial score (nSPS) is 15.3. The van der Waals surface area contributed by atoms with Crippen molar-refractivity contribution in [2.24, 2.45) is 0 Å². The Labute approximate surface area is 160 Å². The Bertz CT molecular complexity index is 1030. The molecular weight excluding hydrogens is 366 g/mol. The van der Waals surface area contributed by atoms with Crippen molar-refractivity contribution in [1.82, 2.24) is 0 Å². The summed E-state index contributed by atoms with van der Waals surface area (Å²) in [6.07, 6.45) is 0.660. The zero-order chi connectivity index (χ0) is 18.8. The fraction of sp³-hybridized carbons (Fsp3) is 0.0476. The first-order valence-corrected chi connectivity index (χ1v) is 8.63. The van der Waals surface area contributed by atoms with Crippen LogP contribution in [0.3, 0.4) is 0 Å². The van der Waals surface area contributed by atoms with Gasteiger partial charge in [-0.25, -0.2) is 0 Å². The zero-order valence-electron chi connectivity index (χ0n) is 14.0. The zero-order valence-corrected chi connectivity index (χ0v) is 14.8. The summed E-state index contributed by atoms with van der Waals surface area (Å²) in [5, 5.41) is 12.1. The SMILES string of the molecule is O=[N+]([O-])C1=Cc2cc(Cl)ccc2OC1c1cccc(Oc2ccccc2)c1. The standard InChI is InChI=1S/C21H14ClNO4/c22-16-9-10-20-15(11-16)13-19(23(24)25)21(27-20)14-5-4-8-18(12-14)26-17-6-2-1-3-7-17/h1-13,21H. The van der Waals surface area contributed by atoms with Crippen molar-refractivity contribution >= 4 is 17.7 Å². The predicted molar refractivity (Wildman–Crippen MR) is 103 cm³/mol. The van der Waals surface area contributed by atoms with Gasteiger partial charge in [-0.05, 0) is 42.5 Å². The van der Waals surface area contributed by atoms with Gasteiger partial charge in [0.05, 0.1) is 4.92 Å². The number of benzene rings is 3. The van der Waals surface area contributed by atoms with Crippen LogP contribution in [0.25, 0.3) is 6.08 Å². The van der Waals surface area contributed by atoms with Gasteiger partial charge in [0.25, 0.3) is 5.70 Å². The third-order valence-electron chi connectivity index (χ3n) is 4.14. The van der Waals surface area contributed by atoms with Crippen LogP contribution in [0.1, 0.15) is 17.2 Å². The van der Waals surface area contributed by atoms with Gasteiger partial charge < -0.3 is 9.47 Å². The quantitative estimate of drug-likeness (QED) is 0.419. The Morgan fingerprint density at radius 3 is 2.52 bits per heavy atom. The average molecular weight is 380 g/mol. The minimum absolute atomic E-state index is 0.0540. The molecule has 0 saturated carbocycles. The van der Waals surface area contributed by atoms with Gasteiger partial charge in [-0.3, -0.25) is 10.1 Å². The van der Waals surface area contributed by atoms with E-state index in [9.17, 15) is 10.1 Å². The smallest absolute Gasteiger partial charge is 0.291 e. The molecule has 0 spiro atoms. The van der Waals surface area contributed by atoms with Crippen LogP contribution >= 0.6 is 11.6 Å². The van der Waals surface area contributed by atoms with Crippen LogP contribution in [0.15, 0.2) is 78.5 Å². The Hall–Kier alpha value is -3.31. The summed E-state index contributed by atoms with van der Waals surface area (Å²) < 4.78 is 11.8. The summed E-state index contributed by atoms with van der Waals surface area (Å²) in [4.78, 5) is 11.2. The maximum atomic E-state index is 11.6. The molecule has 0 radical (unpaired) electrons. The lowest BCUT2D eigenvalue weighted by Gasteiger charge is -2.23. The van der Waals surface area contributed by atoms with Crippen LogP contribution in [0.5, 0.6) is 17.2 Å². The van der Waals surface area contributed by atoms with Crippen molar-refractivity contribution < 1.29 is 14.4 Å². The van der Waals surface area contributed by atoms with Crippen LogP contribution in [-0.2, 0) is 0 Å². The Kier molecular flexibility index (Phi) is 4.52. The van der Waals surface area contributed by atoms with Gasteiger partial charge in [-0.15, -0.1) is 0 Å². The van der Waals surface area contributed by atoms with E-state index in [1.807, 2.05) is 30.3 Å². The Morgan fingerprint density at radius 1 is 0.963 bits per heavy atom. The van der Waals surface area contributed by atoms with E-state index in [1.54, 1.807) is 42.5 Å². The number of rotatable bonds is 4. The molecule has 0 bridgehead atoms. The van der Waals surface area contributed by atoms with E-state index in [-0.39, 0.29) is 5.70 Å². The first kappa shape index (κ1) is 17.1. The number of fused-ring (bicyclic) bond motifs is 1. The average Bonchev–Trinajstić information content (AvgIpc) is 2.68. The van der Waals surface area contributed by atoms with Gasteiger partial charge in [0.15, 0.2) is 0 Å². The third kappa shape index (κ3) is 3.64. The van der Waals surface area contributed by atoms with E-state index in [2.05, 4.69) is 0 Å². The van der Waals surface area contributed by atoms with E-state index in [0.29, 0.717) is 33.4 Å². The molecule has 134 valence electrons. The van der Waals surface area contributed by atoms with E-state index in [4.69, 9.17) is 21.1 Å². The second-order valence-electron chi connectivity index (χ2n) is 5.99. The van der Waals surface area contributed by atoms with Crippen molar-refractivity contribution in [3.8, 4) is 17.2 Å². The number of nitrogens with zero attached hydrogens (tertiary/aromatic N) is 1. The molecule has 5 nitrogen and oxygen atoms in total. The fourth-order valence-electron chi connectivity index (χ4n) is 2.91. The number of hydrogen-bond donors (Lipinski definition) is 0. The maximum Gasteiger partial charge on any atom is 0.291 e. The minimum atomic E-state index is -0.840. The lowest BCUT2D eigenvalue weighted by atomic mass is 10.0. The van der Waals surface area contributed by atoms with E-state index >= 15 is 0 Å². The molecule has 1 unspecified atom stereocenters. The van der Waals surface area contributed by atoms with Crippen molar-refractivity contribution in [1.29, 1.82) is 0 Å². The highest BCUT2D eigenvalue weighted by atomic mass is 35.5. The molecule has 1 atom stereocenters. The first-order valence-electron chi connectivity index (χ1n) is 8.25. The molecule has 3 aromatic rings. The molecule has 6 heteroatoms. The molecule has 3 aromatic carbocycles. The highest BCUT2D eigenvalue weighted by Crippen LogP contribution is 2.39. The second-order valence-corrected chi connectivity index (χ2v) is 6.43. The molecule has 0 N–H and O–H groups in total. The summed E-state index contributed by atoms with van der Waals surface area (Å²) in [5.41, 5.74) is 1.16. The fourth-order valence-corrected chi connectivity index (χ4v) is 3.10. The van der Waals surface area contributed by atoms with E-state index in [0.717, 1.165) is 0 Å². The van der Waals surface area contributed by atoms with Gasteiger partial charge >= 0.3 is 0 Å². The molecule has 1 aliphatic rings. The van der Waals surface area contributed by atoms with E-state index in [1.165, 1.54) is 6.08 Å². The maximum absolute atomic E-state index is 11.6. The van der Waals surface area contributed by atoms with Gasteiger partial charge in [0, 0.05) is 22.2 Å². The van der Waals surface area contributed by atoms with Gasteiger partial charge in [0.2, 0.25) is 6.10 Å². The molecule has 0 amide bonds. The van der Waals surface area contributed by atoms with Crippen molar-refractivity contribution in [2.75, 3.05) is 0 Å². The van der Waals surface area contributed by atoms with Crippen LogP contribution in [-0.4, -0.2) is 4.92 Å².